The highest BCUT2D eigenvalue weighted by atomic mass is 32.2. The van der Waals surface area contributed by atoms with Crippen molar-refractivity contribution in [2.24, 2.45) is 0 Å². The van der Waals surface area contributed by atoms with Gasteiger partial charge in [-0.05, 0) is 25.1 Å². The number of carboxylic acid groups (broad SMARTS) is 1. The van der Waals surface area contributed by atoms with Gasteiger partial charge in [0.1, 0.15) is 6.04 Å². The first kappa shape index (κ1) is 15.1. The molecule has 0 heterocycles. The Morgan fingerprint density at radius 3 is 2.67 bits per heavy atom. The number of thioether (sulfide) groups is 1. The fourth-order valence-corrected chi connectivity index (χ4v) is 2.53. The number of hydrogen-bond acceptors (Lipinski definition) is 3. The second kappa shape index (κ2) is 9.00. The van der Waals surface area contributed by atoms with Crippen LogP contribution in [0.5, 0.6) is 0 Å². The zero-order chi connectivity index (χ0) is 13.2. The van der Waals surface area contributed by atoms with Gasteiger partial charge in [-0.15, -0.1) is 11.8 Å². The Balaban J connectivity index is 2.32. The summed E-state index contributed by atoms with van der Waals surface area (Å²) in [5.74, 6) is -0.208. The number of nitrogens with one attached hydrogen (secondary N) is 1. The third-order valence-electron chi connectivity index (χ3n) is 2.63. The Morgan fingerprint density at radius 2 is 2.06 bits per heavy atom. The van der Waals surface area contributed by atoms with E-state index in [4.69, 9.17) is 5.11 Å². The number of aliphatic carboxylic acids is 1. The number of unbranched alkanes of at least 4 members (excludes halogenated alkanes) is 2. The molecular formula is C14H21NO2S. The van der Waals surface area contributed by atoms with E-state index < -0.39 is 12.0 Å². The van der Waals surface area contributed by atoms with E-state index in [1.165, 1.54) is 0 Å². The highest BCUT2D eigenvalue weighted by molar-refractivity contribution is 7.99. The number of hydrogen-bond donors (Lipinski definition) is 2. The summed E-state index contributed by atoms with van der Waals surface area (Å²) >= 11 is 1.58. The van der Waals surface area contributed by atoms with Gasteiger partial charge in [-0.3, -0.25) is 4.79 Å². The summed E-state index contributed by atoms with van der Waals surface area (Å²) in [6.07, 6.45) is 3.33. The summed E-state index contributed by atoms with van der Waals surface area (Å²) in [4.78, 5) is 12.2. The van der Waals surface area contributed by atoms with Crippen LogP contribution in [0.1, 0.15) is 26.2 Å². The van der Waals surface area contributed by atoms with Crippen LogP contribution >= 0.6 is 11.8 Å². The summed E-state index contributed by atoms with van der Waals surface area (Å²) in [6, 6.07) is 9.43. The minimum Gasteiger partial charge on any atom is -0.480 e. The van der Waals surface area contributed by atoms with E-state index in [-0.39, 0.29) is 0 Å². The van der Waals surface area contributed by atoms with Gasteiger partial charge in [-0.1, -0.05) is 38.0 Å². The number of carbonyl (C=O) groups is 1. The van der Waals surface area contributed by atoms with E-state index >= 15 is 0 Å². The topological polar surface area (TPSA) is 49.3 Å². The van der Waals surface area contributed by atoms with Crippen LogP contribution in [0.2, 0.25) is 0 Å². The van der Waals surface area contributed by atoms with Crippen LogP contribution in [0.4, 0.5) is 0 Å². The molecule has 0 unspecified atom stereocenters. The second-order valence-corrected chi connectivity index (χ2v) is 5.27. The minimum atomic E-state index is -0.769. The molecule has 1 rings (SSSR count). The lowest BCUT2D eigenvalue weighted by molar-refractivity contribution is -0.138. The van der Waals surface area contributed by atoms with E-state index in [1.54, 1.807) is 11.8 Å². The first-order chi connectivity index (χ1) is 8.74. The smallest absolute Gasteiger partial charge is 0.321 e. The summed E-state index contributed by atoms with van der Waals surface area (Å²) in [5, 5.41) is 12.2. The van der Waals surface area contributed by atoms with Crippen molar-refractivity contribution in [3.8, 4) is 0 Å². The van der Waals surface area contributed by atoms with Gasteiger partial charge in [-0.2, -0.15) is 0 Å². The fraction of sp³-hybridized carbons (Fsp3) is 0.500. The van der Waals surface area contributed by atoms with Crippen LogP contribution < -0.4 is 5.32 Å². The Morgan fingerprint density at radius 1 is 1.33 bits per heavy atom. The van der Waals surface area contributed by atoms with Gasteiger partial charge in [0, 0.05) is 10.6 Å². The average Bonchev–Trinajstić information content (AvgIpc) is 2.38. The largest absolute Gasteiger partial charge is 0.480 e. The Bertz CT molecular complexity index is 343. The van der Waals surface area contributed by atoms with Crippen LogP contribution in [0.3, 0.4) is 0 Å². The lowest BCUT2D eigenvalue weighted by atomic mass is 10.2. The number of benzene rings is 1. The normalized spacial score (nSPS) is 12.3. The third-order valence-corrected chi connectivity index (χ3v) is 3.73. The minimum absolute atomic E-state index is 0.466. The summed E-state index contributed by atoms with van der Waals surface area (Å²) < 4.78 is 0. The van der Waals surface area contributed by atoms with Crippen LogP contribution in [-0.2, 0) is 4.79 Å². The third kappa shape index (κ3) is 6.07. The van der Waals surface area contributed by atoms with Crippen molar-refractivity contribution in [3.63, 3.8) is 0 Å². The van der Waals surface area contributed by atoms with Crippen molar-refractivity contribution in [1.29, 1.82) is 0 Å². The molecule has 0 aliphatic heterocycles. The molecule has 18 heavy (non-hydrogen) atoms. The van der Waals surface area contributed by atoms with Crippen molar-refractivity contribution in [1.82, 2.24) is 5.32 Å². The predicted octanol–water partition coefficient (Wildman–Crippen LogP) is 3.01. The summed E-state index contributed by atoms with van der Waals surface area (Å²) in [6.45, 7) is 2.92. The van der Waals surface area contributed by atoms with Gasteiger partial charge in [0.2, 0.25) is 0 Å². The van der Waals surface area contributed by atoms with Gasteiger partial charge < -0.3 is 10.4 Å². The fourth-order valence-electron chi connectivity index (χ4n) is 1.57. The van der Waals surface area contributed by atoms with Crippen LogP contribution in [0, 0.1) is 0 Å². The van der Waals surface area contributed by atoms with Crippen molar-refractivity contribution >= 4 is 17.7 Å². The van der Waals surface area contributed by atoms with E-state index in [1.807, 2.05) is 30.3 Å². The summed E-state index contributed by atoms with van der Waals surface area (Å²) in [7, 11) is 0. The zero-order valence-corrected chi connectivity index (χ0v) is 11.6. The van der Waals surface area contributed by atoms with Gasteiger partial charge in [0.05, 0.1) is 0 Å². The molecule has 0 spiro atoms. The molecule has 1 aromatic carbocycles. The molecule has 0 amide bonds. The Kier molecular flexibility index (Phi) is 7.53. The molecule has 0 saturated heterocycles. The maximum atomic E-state index is 11.1. The van der Waals surface area contributed by atoms with Gasteiger partial charge >= 0.3 is 5.97 Å². The molecule has 0 radical (unpaired) electrons. The molecule has 100 valence electrons. The molecule has 1 atom stereocenters. The van der Waals surface area contributed by atoms with Crippen molar-refractivity contribution in [3.05, 3.63) is 30.3 Å². The summed E-state index contributed by atoms with van der Waals surface area (Å²) in [5.41, 5.74) is 0. The lowest BCUT2D eigenvalue weighted by Gasteiger charge is -2.13. The molecule has 0 aliphatic carbocycles. The van der Waals surface area contributed by atoms with Crippen molar-refractivity contribution in [2.75, 3.05) is 12.3 Å². The molecule has 1 aromatic rings. The standard InChI is InChI=1S/C14H21NO2S/c1-2-3-7-10-15-13(14(16)17)11-18-12-8-5-4-6-9-12/h4-6,8-9,13,15H,2-3,7,10-11H2,1H3,(H,16,17)/t13-/m0/s1. The molecule has 0 bridgehead atoms. The number of rotatable bonds is 9. The predicted molar refractivity (Wildman–Crippen MR) is 76.1 cm³/mol. The first-order valence-electron chi connectivity index (χ1n) is 6.38. The van der Waals surface area contributed by atoms with Gasteiger partial charge in [0.25, 0.3) is 0 Å². The highest BCUT2D eigenvalue weighted by Gasteiger charge is 2.16. The molecular weight excluding hydrogens is 246 g/mol. The molecule has 0 saturated carbocycles. The van der Waals surface area contributed by atoms with E-state index in [2.05, 4.69) is 12.2 Å². The van der Waals surface area contributed by atoms with E-state index in [0.717, 1.165) is 30.7 Å². The van der Waals surface area contributed by atoms with E-state index in [0.29, 0.717) is 5.75 Å². The van der Waals surface area contributed by atoms with Gasteiger partial charge in [0.15, 0.2) is 0 Å². The molecule has 4 heteroatoms. The monoisotopic (exact) mass is 267 g/mol. The highest BCUT2D eigenvalue weighted by Crippen LogP contribution is 2.17. The lowest BCUT2D eigenvalue weighted by Crippen LogP contribution is -2.39. The maximum Gasteiger partial charge on any atom is 0.321 e. The zero-order valence-electron chi connectivity index (χ0n) is 10.8. The van der Waals surface area contributed by atoms with Crippen LogP contribution in [0.25, 0.3) is 0 Å². The molecule has 0 fully saturated rings. The second-order valence-electron chi connectivity index (χ2n) is 4.18. The molecule has 0 aromatic heterocycles. The van der Waals surface area contributed by atoms with Crippen LogP contribution in [0.15, 0.2) is 35.2 Å². The van der Waals surface area contributed by atoms with Gasteiger partial charge in [-0.25, -0.2) is 0 Å². The SMILES string of the molecule is CCCCCN[C@@H](CSc1ccccc1)C(=O)O. The molecule has 3 nitrogen and oxygen atoms in total. The number of carboxylic acids is 1. The van der Waals surface area contributed by atoms with Crippen LogP contribution in [-0.4, -0.2) is 29.4 Å². The molecule has 0 aliphatic rings. The Labute approximate surface area is 113 Å². The average molecular weight is 267 g/mol. The van der Waals surface area contributed by atoms with Crippen molar-refractivity contribution < 1.29 is 9.90 Å². The molecule has 2 N–H and O–H groups in total. The maximum absolute atomic E-state index is 11.1. The van der Waals surface area contributed by atoms with Crippen molar-refractivity contribution in [2.45, 2.75) is 37.1 Å². The Hall–Kier alpha value is -1.00. The quantitative estimate of drug-likeness (QED) is 0.533. The first-order valence-corrected chi connectivity index (χ1v) is 7.36. The van der Waals surface area contributed by atoms with E-state index in [9.17, 15) is 4.79 Å².